The molecule has 3 rings (SSSR count). The molecule has 2 saturated carbocycles. The molecule has 0 saturated heterocycles. The van der Waals surface area contributed by atoms with Crippen molar-refractivity contribution in [2.45, 2.75) is 66.6 Å². The van der Waals surface area contributed by atoms with Crippen molar-refractivity contribution in [2.24, 2.45) is 21.8 Å². The number of ether oxygens (including phenoxy) is 1. The molecule has 0 aromatic heterocycles. The Kier molecular flexibility index (Phi) is 4.76. The number of carbonyl (C=O) groups excluding carboxylic acids is 1. The lowest BCUT2D eigenvalue weighted by molar-refractivity contribution is 0.0657. The second-order valence-corrected chi connectivity index (χ2v) is 8.55. The molecule has 0 aliphatic heterocycles. The highest BCUT2D eigenvalue weighted by molar-refractivity contribution is 5.98. The second kappa shape index (κ2) is 6.56. The van der Waals surface area contributed by atoms with Gasteiger partial charge in [0.15, 0.2) is 0 Å². The second-order valence-electron chi connectivity index (χ2n) is 8.55. The fourth-order valence-corrected chi connectivity index (χ4v) is 4.30. The predicted octanol–water partition coefficient (Wildman–Crippen LogP) is 4.54. The number of hydrazone groups is 1. The zero-order valence-electron chi connectivity index (χ0n) is 16.1. The monoisotopic (exact) mass is 342 g/mol. The number of nitrogens with one attached hydrogen (secondary N) is 1. The van der Waals surface area contributed by atoms with Gasteiger partial charge in [-0.05, 0) is 62.1 Å². The van der Waals surface area contributed by atoms with Crippen molar-refractivity contribution in [1.82, 2.24) is 5.43 Å². The lowest BCUT2D eigenvalue weighted by Crippen LogP contribution is -2.34. The van der Waals surface area contributed by atoms with Crippen LogP contribution in [0.15, 0.2) is 29.4 Å². The molecule has 2 aliphatic carbocycles. The molecule has 1 N–H and O–H groups in total. The standard InChI is InChI=1S/C21H30N2O2/c1-14(2)25-13-15-6-8-16(9-7-15)19(24)23-22-18-12-17-10-11-21(18,5)20(17,3)4/h6-9,14,17H,10-13H2,1-5H3,(H,23,24)/b22-18-/t17-,21+/m1/s1. The molecule has 25 heavy (non-hydrogen) atoms. The van der Waals surface area contributed by atoms with Crippen molar-refractivity contribution >= 4 is 11.6 Å². The number of amides is 1. The van der Waals surface area contributed by atoms with Crippen LogP contribution < -0.4 is 5.43 Å². The van der Waals surface area contributed by atoms with Crippen LogP contribution in [0.2, 0.25) is 0 Å². The predicted molar refractivity (Wildman–Crippen MR) is 100 cm³/mol. The third-order valence-corrected chi connectivity index (χ3v) is 6.60. The molecule has 2 bridgehead atoms. The average Bonchev–Trinajstić information content (AvgIpc) is 2.91. The van der Waals surface area contributed by atoms with Gasteiger partial charge in [0, 0.05) is 16.7 Å². The lowest BCUT2D eigenvalue weighted by atomic mass is 9.70. The van der Waals surface area contributed by atoms with Crippen molar-refractivity contribution in [3.05, 3.63) is 35.4 Å². The Hall–Kier alpha value is -1.68. The highest BCUT2D eigenvalue weighted by atomic mass is 16.5. The molecule has 0 radical (unpaired) electrons. The van der Waals surface area contributed by atoms with Gasteiger partial charge in [0.1, 0.15) is 0 Å². The molecule has 0 heterocycles. The van der Waals surface area contributed by atoms with Gasteiger partial charge in [-0.25, -0.2) is 5.43 Å². The zero-order chi connectivity index (χ0) is 18.2. The number of hydrogen-bond donors (Lipinski definition) is 1. The Morgan fingerprint density at radius 3 is 2.48 bits per heavy atom. The minimum atomic E-state index is -0.145. The van der Waals surface area contributed by atoms with Gasteiger partial charge < -0.3 is 4.74 Å². The van der Waals surface area contributed by atoms with Gasteiger partial charge in [-0.2, -0.15) is 5.10 Å². The molecular formula is C21H30N2O2. The van der Waals surface area contributed by atoms with Crippen molar-refractivity contribution < 1.29 is 9.53 Å². The van der Waals surface area contributed by atoms with Crippen molar-refractivity contribution in [3.63, 3.8) is 0 Å². The average molecular weight is 342 g/mol. The number of fused-ring (bicyclic) bond motifs is 2. The quantitative estimate of drug-likeness (QED) is 0.799. The molecule has 2 aliphatic rings. The van der Waals surface area contributed by atoms with E-state index in [2.05, 4.69) is 31.3 Å². The summed E-state index contributed by atoms with van der Waals surface area (Å²) in [7, 11) is 0. The summed E-state index contributed by atoms with van der Waals surface area (Å²) in [5.41, 5.74) is 6.02. The van der Waals surface area contributed by atoms with Gasteiger partial charge in [0.05, 0.1) is 12.7 Å². The highest BCUT2D eigenvalue weighted by Crippen LogP contribution is 2.63. The van der Waals surface area contributed by atoms with Crippen LogP contribution in [-0.4, -0.2) is 17.7 Å². The minimum Gasteiger partial charge on any atom is -0.374 e. The van der Waals surface area contributed by atoms with E-state index in [4.69, 9.17) is 4.74 Å². The SMILES string of the molecule is CC(C)OCc1ccc(C(=O)N/N=C2/C[C@H]3CC[C@]2(C)C3(C)C)cc1. The fourth-order valence-electron chi connectivity index (χ4n) is 4.30. The third kappa shape index (κ3) is 3.24. The maximum atomic E-state index is 12.4. The van der Waals surface area contributed by atoms with E-state index in [0.29, 0.717) is 18.1 Å². The third-order valence-electron chi connectivity index (χ3n) is 6.60. The van der Waals surface area contributed by atoms with Crippen LogP contribution in [0.3, 0.4) is 0 Å². The first-order valence-corrected chi connectivity index (χ1v) is 9.32. The van der Waals surface area contributed by atoms with Crippen molar-refractivity contribution in [1.29, 1.82) is 0 Å². The molecule has 2 fully saturated rings. The van der Waals surface area contributed by atoms with Crippen LogP contribution in [0.5, 0.6) is 0 Å². The molecule has 1 aromatic carbocycles. The first-order chi connectivity index (χ1) is 11.7. The maximum Gasteiger partial charge on any atom is 0.271 e. The van der Waals surface area contributed by atoms with E-state index in [1.165, 1.54) is 12.8 Å². The summed E-state index contributed by atoms with van der Waals surface area (Å²) in [6.07, 6.45) is 3.65. The number of nitrogens with zero attached hydrogens (tertiary/aromatic N) is 1. The summed E-state index contributed by atoms with van der Waals surface area (Å²) in [6.45, 7) is 11.6. The smallest absolute Gasteiger partial charge is 0.271 e. The van der Waals surface area contributed by atoms with E-state index in [0.717, 1.165) is 17.7 Å². The number of hydrogen-bond acceptors (Lipinski definition) is 3. The minimum absolute atomic E-state index is 0.114. The Balaban J connectivity index is 1.63. The fraction of sp³-hybridized carbons (Fsp3) is 0.619. The lowest BCUT2D eigenvalue weighted by Gasteiger charge is -2.34. The Bertz CT molecular complexity index is 676. The summed E-state index contributed by atoms with van der Waals surface area (Å²) in [5, 5.41) is 4.52. The van der Waals surface area contributed by atoms with Crippen molar-refractivity contribution in [2.75, 3.05) is 0 Å². The molecule has 136 valence electrons. The van der Waals surface area contributed by atoms with Gasteiger partial charge >= 0.3 is 0 Å². The summed E-state index contributed by atoms with van der Waals surface area (Å²) in [4.78, 5) is 12.4. The number of benzene rings is 1. The van der Waals surface area contributed by atoms with Gasteiger partial charge in [-0.3, -0.25) is 4.79 Å². The molecule has 4 nitrogen and oxygen atoms in total. The van der Waals surface area contributed by atoms with E-state index < -0.39 is 0 Å². The van der Waals surface area contributed by atoms with Gasteiger partial charge in [-0.1, -0.05) is 32.9 Å². The van der Waals surface area contributed by atoms with Crippen LogP contribution in [0.4, 0.5) is 0 Å². The summed E-state index contributed by atoms with van der Waals surface area (Å²) < 4.78 is 5.58. The summed E-state index contributed by atoms with van der Waals surface area (Å²) in [6, 6.07) is 7.54. The van der Waals surface area contributed by atoms with Crippen molar-refractivity contribution in [3.8, 4) is 0 Å². The molecule has 0 unspecified atom stereocenters. The van der Waals surface area contributed by atoms with E-state index in [1.807, 2.05) is 38.1 Å². The van der Waals surface area contributed by atoms with Gasteiger partial charge in [0.2, 0.25) is 0 Å². The topological polar surface area (TPSA) is 50.7 Å². The maximum absolute atomic E-state index is 12.4. The molecular weight excluding hydrogens is 312 g/mol. The number of carbonyl (C=O) groups is 1. The van der Waals surface area contributed by atoms with Crippen LogP contribution in [0.25, 0.3) is 0 Å². The Labute approximate surface area is 151 Å². The molecule has 0 spiro atoms. The van der Waals surface area contributed by atoms with E-state index in [9.17, 15) is 4.79 Å². The van der Waals surface area contributed by atoms with Gasteiger partial charge in [-0.15, -0.1) is 0 Å². The zero-order valence-corrected chi connectivity index (χ0v) is 16.1. The first kappa shape index (κ1) is 18.1. The normalized spacial score (nSPS) is 28.7. The van der Waals surface area contributed by atoms with Crippen LogP contribution in [0, 0.1) is 16.7 Å². The van der Waals surface area contributed by atoms with Crippen LogP contribution >= 0.6 is 0 Å². The van der Waals surface area contributed by atoms with Gasteiger partial charge in [0.25, 0.3) is 5.91 Å². The Morgan fingerprint density at radius 1 is 1.28 bits per heavy atom. The Morgan fingerprint density at radius 2 is 1.96 bits per heavy atom. The summed E-state index contributed by atoms with van der Waals surface area (Å²) >= 11 is 0. The highest BCUT2D eigenvalue weighted by Gasteiger charge is 2.60. The first-order valence-electron chi connectivity index (χ1n) is 9.32. The largest absolute Gasteiger partial charge is 0.374 e. The molecule has 2 atom stereocenters. The van der Waals surface area contributed by atoms with E-state index in [-0.39, 0.29) is 22.8 Å². The summed E-state index contributed by atoms with van der Waals surface area (Å²) in [5.74, 6) is 0.543. The van der Waals surface area contributed by atoms with Crippen LogP contribution in [0.1, 0.15) is 69.8 Å². The molecule has 4 heteroatoms. The van der Waals surface area contributed by atoms with E-state index >= 15 is 0 Å². The van der Waals surface area contributed by atoms with E-state index in [1.54, 1.807) is 0 Å². The number of rotatable bonds is 5. The van der Waals surface area contributed by atoms with Crippen LogP contribution in [-0.2, 0) is 11.3 Å². The molecule has 1 aromatic rings. The molecule has 1 amide bonds.